The number of aryl methyl sites for hydroxylation is 1. The van der Waals surface area contributed by atoms with E-state index in [1.807, 2.05) is 0 Å². The first-order chi connectivity index (χ1) is 10.4. The van der Waals surface area contributed by atoms with Crippen molar-refractivity contribution in [1.82, 2.24) is 9.62 Å². The predicted molar refractivity (Wildman–Crippen MR) is 81.1 cm³/mol. The number of hydrogen-bond donors (Lipinski definition) is 1. The Balaban J connectivity index is 1.98. The lowest BCUT2D eigenvalue weighted by Crippen LogP contribution is -2.43. The summed E-state index contributed by atoms with van der Waals surface area (Å²) in [7, 11) is -3.84. The summed E-state index contributed by atoms with van der Waals surface area (Å²) >= 11 is 0. The van der Waals surface area contributed by atoms with E-state index in [0.29, 0.717) is 30.5 Å². The van der Waals surface area contributed by atoms with E-state index >= 15 is 0 Å². The molecule has 3 rings (SSSR count). The van der Waals surface area contributed by atoms with Crippen molar-refractivity contribution in [1.29, 1.82) is 0 Å². The van der Waals surface area contributed by atoms with Crippen LogP contribution in [-0.4, -0.2) is 43.8 Å². The van der Waals surface area contributed by atoms with Crippen molar-refractivity contribution < 1.29 is 13.3 Å². The number of sulfonamides is 1. The molecule has 0 aliphatic carbocycles. The summed E-state index contributed by atoms with van der Waals surface area (Å²) in [6, 6.07) is 4.37. The first-order valence-electron chi connectivity index (χ1n) is 7.36. The molecular weight excluding hydrogens is 306 g/mol. The van der Waals surface area contributed by atoms with Gasteiger partial charge in [0, 0.05) is 19.2 Å². The standard InChI is InChI=1S/C14H19N3O4S/c1-10-3-2-4-13(17(18)19)14(10)22(20,21)16-6-5-11-7-15-8-12(11)9-16/h2-4,11-12,15H,5-9H2,1H3. The quantitative estimate of drug-likeness (QED) is 0.664. The van der Waals surface area contributed by atoms with Gasteiger partial charge in [0.05, 0.1) is 4.92 Å². The second kappa shape index (κ2) is 5.60. The highest BCUT2D eigenvalue weighted by Crippen LogP contribution is 2.34. The van der Waals surface area contributed by atoms with E-state index < -0.39 is 14.9 Å². The van der Waals surface area contributed by atoms with E-state index in [4.69, 9.17) is 0 Å². The summed E-state index contributed by atoms with van der Waals surface area (Å²) in [5.41, 5.74) is 0.0764. The molecule has 1 aromatic carbocycles. The minimum atomic E-state index is -3.84. The first kappa shape index (κ1) is 15.4. The second-order valence-corrected chi connectivity index (χ2v) is 7.89. The minimum absolute atomic E-state index is 0.163. The monoisotopic (exact) mass is 325 g/mol. The van der Waals surface area contributed by atoms with Gasteiger partial charge < -0.3 is 5.32 Å². The van der Waals surface area contributed by atoms with Crippen molar-refractivity contribution in [2.24, 2.45) is 11.8 Å². The van der Waals surface area contributed by atoms with E-state index in [2.05, 4.69) is 5.32 Å². The van der Waals surface area contributed by atoms with Crippen molar-refractivity contribution in [3.05, 3.63) is 33.9 Å². The van der Waals surface area contributed by atoms with Crippen LogP contribution in [0.15, 0.2) is 23.1 Å². The third-order valence-corrected chi connectivity index (χ3v) is 6.71. The highest BCUT2D eigenvalue weighted by atomic mass is 32.2. The molecule has 2 aliphatic heterocycles. The molecule has 0 aromatic heterocycles. The summed E-state index contributed by atoms with van der Waals surface area (Å²) in [5, 5.41) is 14.5. The van der Waals surface area contributed by atoms with E-state index in [9.17, 15) is 18.5 Å². The van der Waals surface area contributed by atoms with Crippen LogP contribution in [0, 0.1) is 28.9 Å². The van der Waals surface area contributed by atoms with Crippen molar-refractivity contribution in [2.45, 2.75) is 18.2 Å². The molecule has 2 fully saturated rings. The Bertz CT molecular complexity index is 704. The zero-order valence-corrected chi connectivity index (χ0v) is 13.2. The lowest BCUT2D eigenvalue weighted by Gasteiger charge is -2.33. The Hall–Kier alpha value is -1.51. The predicted octanol–water partition coefficient (Wildman–Crippen LogP) is 1.13. The number of fused-ring (bicyclic) bond motifs is 1. The van der Waals surface area contributed by atoms with Crippen LogP contribution in [0.5, 0.6) is 0 Å². The van der Waals surface area contributed by atoms with Gasteiger partial charge in [-0.05, 0) is 43.8 Å². The summed E-state index contributed by atoms with van der Waals surface area (Å²) in [6.07, 6.45) is 0.802. The molecule has 0 spiro atoms. The van der Waals surface area contributed by atoms with E-state index in [-0.39, 0.29) is 10.6 Å². The van der Waals surface area contributed by atoms with Gasteiger partial charge in [-0.15, -0.1) is 0 Å². The molecule has 0 radical (unpaired) electrons. The van der Waals surface area contributed by atoms with Crippen LogP contribution in [0.2, 0.25) is 0 Å². The molecule has 2 saturated heterocycles. The average Bonchev–Trinajstić information content (AvgIpc) is 2.93. The molecule has 0 bridgehead atoms. The van der Waals surface area contributed by atoms with E-state index in [1.165, 1.54) is 16.4 Å². The summed E-state index contributed by atoms with van der Waals surface area (Å²) in [5.74, 6) is 0.810. The number of nitrogens with zero attached hydrogens (tertiary/aromatic N) is 2. The molecule has 2 heterocycles. The van der Waals surface area contributed by atoms with Gasteiger partial charge in [0.15, 0.2) is 4.90 Å². The highest BCUT2D eigenvalue weighted by Gasteiger charge is 2.40. The van der Waals surface area contributed by atoms with Gasteiger partial charge in [-0.3, -0.25) is 10.1 Å². The number of nitro groups is 1. The summed E-state index contributed by atoms with van der Waals surface area (Å²) in [4.78, 5) is 10.4. The molecule has 1 N–H and O–H groups in total. The SMILES string of the molecule is Cc1cccc([N+](=O)[O-])c1S(=O)(=O)N1CCC2CNCC2C1. The Morgan fingerprint density at radius 3 is 2.77 bits per heavy atom. The Morgan fingerprint density at radius 1 is 1.32 bits per heavy atom. The van der Waals surface area contributed by atoms with Crippen LogP contribution >= 0.6 is 0 Å². The molecule has 2 aliphatic rings. The second-order valence-electron chi connectivity index (χ2n) is 6.01. The highest BCUT2D eigenvalue weighted by molar-refractivity contribution is 7.89. The zero-order chi connectivity index (χ0) is 15.9. The van der Waals surface area contributed by atoms with Crippen LogP contribution < -0.4 is 5.32 Å². The molecule has 8 heteroatoms. The number of piperidine rings is 1. The summed E-state index contributed by atoms with van der Waals surface area (Å²) < 4.78 is 27.3. The van der Waals surface area contributed by atoms with E-state index in [0.717, 1.165) is 19.5 Å². The molecule has 0 saturated carbocycles. The normalized spacial score (nSPS) is 25.9. The van der Waals surface area contributed by atoms with Crippen LogP contribution in [0.25, 0.3) is 0 Å². The molecule has 2 unspecified atom stereocenters. The maximum Gasteiger partial charge on any atom is 0.289 e. The molecule has 1 aromatic rings. The fraction of sp³-hybridized carbons (Fsp3) is 0.571. The van der Waals surface area contributed by atoms with E-state index in [1.54, 1.807) is 13.0 Å². The van der Waals surface area contributed by atoms with Crippen molar-refractivity contribution in [3.63, 3.8) is 0 Å². The minimum Gasteiger partial charge on any atom is -0.316 e. The molecule has 0 amide bonds. The molecule has 7 nitrogen and oxygen atoms in total. The van der Waals surface area contributed by atoms with Crippen molar-refractivity contribution in [3.8, 4) is 0 Å². The molecular formula is C14H19N3O4S. The van der Waals surface area contributed by atoms with Gasteiger partial charge >= 0.3 is 0 Å². The fourth-order valence-corrected chi connectivity index (χ4v) is 5.34. The fourth-order valence-electron chi connectivity index (χ4n) is 3.47. The van der Waals surface area contributed by atoms with Gasteiger partial charge in [0.25, 0.3) is 5.69 Å². The number of benzene rings is 1. The Kier molecular flexibility index (Phi) is 3.92. The molecule has 2 atom stereocenters. The lowest BCUT2D eigenvalue weighted by atomic mass is 9.90. The Morgan fingerprint density at radius 2 is 2.05 bits per heavy atom. The average molecular weight is 325 g/mol. The molecule has 120 valence electrons. The first-order valence-corrected chi connectivity index (χ1v) is 8.80. The third-order valence-electron chi connectivity index (χ3n) is 4.65. The van der Waals surface area contributed by atoms with Crippen LogP contribution in [0.3, 0.4) is 0 Å². The Labute approximate surface area is 129 Å². The third kappa shape index (κ3) is 2.51. The smallest absolute Gasteiger partial charge is 0.289 e. The number of rotatable bonds is 3. The van der Waals surface area contributed by atoms with Crippen LogP contribution in [-0.2, 0) is 10.0 Å². The van der Waals surface area contributed by atoms with Crippen LogP contribution in [0.1, 0.15) is 12.0 Å². The largest absolute Gasteiger partial charge is 0.316 e. The molecule has 22 heavy (non-hydrogen) atoms. The number of hydrogen-bond acceptors (Lipinski definition) is 5. The zero-order valence-electron chi connectivity index (χ0n) is 12.4. The maximum atomic E-state index is 12.9. The van der Waals surface area contributed by atoms with Crippen molar-refractivity contribution in [2.75, 3.05) is 26.2 Å². The maximum absolute atomic E-state index is 12.9. The number of nitrogens with one attached hydrogen (secondary N) is 1. The van der Waals surface area contributed by atoms with Gasteiger partial charge in [0.1, 0.15) is 0 Å². The van der Waals surface area contributed by atoms with Gasteiger partial charge in [-0.1, -0.05) is 12.1 Å². The van der Waals surface area contributed by atoms with Gasteiger partial charge in [-0.25, -0.2) is 8.42 Å². The van der Waals surface area contributed by atoms with Gasteiger partial charge in [0.2, 0.25) is 10.0 Å². The number of nitro benzene ring substituents is 1. The van der Waals surface area contributed by atoms with Crippen LogP contribution in [0.4, 0.5) is 5.69 Å². The van der Waals surface area contributed by atoms with Gasteiger partial charge in [-0.2, -0.15) is 4.31 Å². The summed E-state index contributed by atoms with van der Waals surface area (Å²) in [6.45, 7) is 4.21. The van der Waals surface area contributed by atoms with Crippen molar-refractivity contribution >= 4 is 15.7 Å². The lowest BCUT2D eigenvalue weighted by molar-refractivity contribution is -0.387. The topological polar surface area (TPSA) is 92.5 Å².